The SMILES string of the molecule is CSCC[C@H](NC(=O)[C@H](Cc1ccc(O)cc1)NC(=O)[C@H](CCCCN)NC(=O)[C@@H](N)Cc1c[nH]c2ccccc12)C(=O)N[C@H](C(=O)NCC(=O)O)C(C)C. The van der Waals surface area contributed by atoms with Crippen LogP contribution in [0.25, 0.3) is 10.9 Å². The van der Waals surface area contributed by atoms with Gasteiger partial charge in [0, 0.05) is 23.5 Å². The molecule has 0 aliphatic carbocycles. The summed E-state index contributed by atoms with van der Waals surface area (Å²) in [7, 11) is 0. The number of hydrogen-bond acceptors (Lipinski definition) is 10. The zero-order valence-corrected chi connectivity index (χ0v) is 32.2. The predicted octanol–water partition coefficient (Wildman–Crippen LogP) is 0.664. The van der Waals surface area contributed by atoms with Gasteiger partial charge in [-0.3, -0.25) is 28.8 Å². The van der Waals surface area contributed by atoms with Crippen molar-refractivity contribution in [2.45, 2.75) is 82.6 Å². The van der Waals surface area contributed by atoms with Crippen LogP contribution in [0, 0.1) is 5.92 Å². The van der Waals surface area contributed by atoms with Crippen molar-refractivity contribution in [3.05, 3.63) is 65.9 Å². The van der Waals surface area contributed by atoms with Gasteiger partial charge < -0.3 is 53.2 Å². The number of para-hydroxylation sites is 1. The molecular formula is C38H54N8O8S. The van der Waals surface area contributed by atoms with Gasteiger partial charge in [0.05, 0.1) is 6.04 Å². The third-order valence-electron chi connectivity index (χ3n) is 8.94. The molecule has 300 valence electrons. The lowest BCUT2D eigenvalue weighted by atomic mass is 10.0. The first-order valence-corrected chi connectivity index (χ1v) is 19.6. The van der Waals surface area contributed by atoms with Crippen LogP contribution in [0.2, 0.25) is 0 Å². The Balaban J connectivity index is 1.83. The molecule has 0 aliphatic rings. The standard InChI is InChI=1S/C38H54N8O8S/c1-22(2)33(38(54)42-21-32(48)49)46-36(52)30(15-17-55-3)44-37(53)31(18-23-11-13-25(47)14-12-23)45-35(51)29(10-6-7-16-39)43-34(50)27(40)19-24-20-41-28-9-5-4-8-26(24)28/h4-5,8-9,11-14,20,22,27,29-31,33,41,47H,6-7,10,15-19,21,39-40H2,1-3H3,(H,42,54)(H,43,50)(H,44,53)(H,45,51)(H,46,52)(H,48,49)/t27-,29-,30-,31-,33-/m0/s1. The number of phenolic OH excluding ortho intramolecular Hbond substituents is 1. The number of carbonyl (C=O) groups is 6. The third-order valence-corrected chi connectivity index (χ3v) is 9.59. The molecule has 16 nitrogen and oxygen atoms in total. The summed E-state index contributed by atoms with van der Waals surface area (Å²) in [5.41, 5.74) is 14.4. The molecule has 0 radical (unpaired) electrons. The first-order chi connectivity index (χ1) is 26.2. The number of carboxylic acid groups (broad SMARTS) is 1. The van der Waals surface area contributed by atoms with Crippen LogP contribution in [0.4, 0.5) is 0 Å². The zero-order chi connectivity index (χ0) is 40.5. The van der Waals surface area contributed by atoms with Gasteiger partial charge in [0.1, 0.15) is 36.5 Å². The molecule has 0 saturated carbocycles. The lowest BCUT2D eigenvalue weighted by molar-refractivity contribution is -0.139. The molecule has 0 saturated heterocycles. The van der Waals surface area contributed by atoms with E-state index in [-0.39, 0.29) is 31.4 Å². The van der Waals surface area contributed by atoms with Crippen LogP contribution in [0.3, 0.4) is 0 Å². The Hall–Kier alpha value is -5.13. The Morgan fingerprint density at radius 3 is 2.05 bits per heavy atom. The molecule has 0 spiro atoms. The summed E-state index contributed by atoms with van der Waals surface area (Å²) in [5, 5.41) is 32.9. The number of aromatic amines is 1. The van der Waals surface area contributed by atoms with Crippen LogP contribution in [-0.2, 0) is 41.6 Å². The van der Waals surface area contributed by atoms with Crippen molar-refractivity contribution >= 4 is 58.2 Å². The van der Waals surface area contributed by atoms with Gasteiger partial charge in [-0.2, -0.15) is 11.8 Å². The Morgan fingerprint density at radius 2 is 1.40 bits per heavy atom. The van der Waals surface area contributed by atoms with Gasteiger partial charge in [0.15, 0.2) is 0 Å². The minimum Gasteiger partial charge on any atom is -0.508 e. The topological polar surface area (TPSA) is 271 Å². The van der Waals surface area contributed by atoms with Crippen molar-refractivity contribution in [2.75, 3.05) is 25.1 Å². The second kappa shape index (κ2) is 22.3. The molecule has 55 heavy (non-hydrogen) atoms. The first-order valence-electron chi connectivity index (χ1n) is 18.2. The number of aromatic hydroxyl groups is 1. The molecule has 3 aromatic rings. The average molecular weight is 783 g/mol. The number of nitrogens with one attached hydrogen (secondary N) is 6. The Morgan fingerprint density at radius 1 is 0.782 bits per heavy atom. The number of thioether (sulfide) groups is 1. The normalized spacial score (nSPS) is 13.9. The molecule has 17 heteroatoms. The van der Waals surface area contributed by atoms with Crippen LogP contribution >= 0.6 is 11.8 Å². The van der Waals surface area contributed by atoms with Crippen molar-refractivity contribution in [1.29, 1.82) is 0 Å². The number of nitrogens with two attached hydrogens (primary N) is 2. The van der Waals surface area contributed by atoms with Crippen molar-refractivity contribution < 1.29 is 39.0 Å². The Bertz CT molecular complexity index is 1750. The number of unbranched alkanes of at least 4 members (excludes halogenated alkanes) is 1. The second-order valence-electron chi connectivity index (χ2n) is 13.6. The summed E-state index contributed by atoms with van der Waals surface area (Å²) < 4.78 is 0. The van der Waals surface area contributed by atoms with E-state index in [4.69, 9.17) is 16.6 Å². The number of phenols is 1. The van der Waals surface area contributed by atoms with E-state index in [1.165, 1.54) is 23.9 Å². The van der Waals surface area contributed by atoms with E-state index in [0.29, 0.717) is 30.7 Å². The van der Waals surface area contributed by atoms with Crippen LogP contribution in [0.5, 0.6) is 5.75 Å². The maximum absolute atomic E-state index is 14.0. The molecule has 0 bridgehead atoms. The van der Waals surface area contributed by atoms with Crippen molar-refractivity contribution in [2.24, 2.45) is 17.4 Å². The minimum absolute atomic E-state index is 0.00124. The number of amides is 5. The fourth-order valence-electron chi connectivity index (χ4n) is 5.86. The highest BCUT2D eigenvalue weighted by Crippen LogP contribution is 2.19. The molecule has 5 atom stereocenters. The van der Waals surface area contributed by atoms with E-state index in [2.05, 4.69) is 31.6 Å². The summed E-state index contributed by atoms with van der Waals surface area (Å²) in [6.45, 7) is 3.10. The summed E-state index contributed by atoms with van der Waals surface area (Å²) >= 11 is 1.43. The summed E-state index contributed by atoms with van der Waals surface area (Å²) in [4.78, 5) is 81.9. The number of aliphatic carboxylic acids is 1. The molecule has 2 aromatic carbocycles. The predicted molar refractivity (Wildman–Crippen MR) is 211 cm³/mol. The second-order valence-corrected chi connectivity index (χ2v) is 14.6. The highest BCUT2D eigenvalue weighted by atomic mass is 32.2. The van der Waals surface area contributed by atoms with Gasteiger partial charge in [0.2, 0.25) is 29.5 Å². The number of aromatic nitrogens is 1. The Labute approximate surface area is 324 Å². The fraction of sp³-hybridized carbons (Fsp3) is 0.474. The largest absolute Gasteiger partial charge is 0.508 e. The molecule has 0 unspecified atom stereocenters. The van der Waals surface area contributed by atoms with E-state index >= 15 is 0 Å². The minimum atomic E-state index is -1.25. The quantitative estimate of drug-likeness (QED) is 0.0597. The van der Waals surface area contributed by atoms with E-state index in [0.717, 1.165) is 16.5 Å². The highest BCUT2D eigenvalue weighted by Gasteiger charge is 2.33. The molecule has 0 aliphatic heterocycles. The molecule has 0 fully saturated rings. The molecule has 1 heterocycles. The summed E-state index contributed by atoms with van der Waals surface area (Å²) in [6, 6.07) is 8.15. The van der Waals surface area contributed by atoms with Crippen LogP contribution in [0.1, 0.15) is 50.7 Å². The third kappa shape index (κ3) is 14.2. The summed E-state index contributed by atoms with van der Waals surface area (Å²) in [5.74, 6) is -4.48. The van der Waals surface area contributed by atoms with Gasteiger partial charge in [0.25, 0.3) is 0 Å². The number of H-pyrrole nitrogens is 1. The molecule has 5 amide bonds. The van der Waals surface area contributed by atoms with Gasteiger partial charge in [-0.25, -0.2) is 0 Å². The fourth-order valence-corrected chi connectivity index (χ4v) is 6.33. The lowest BCUT2D eigenvalue weighted by Gasteiger charge is -2.28. The molecular weight excluding hydrogens is 729 g/mol. The number of fused-ring (bicyclic) bond motifs is 1. The monoisotopic (exact) mass is 782 g/mol. The van der Waals surface area contributed by atoms with Crippen LogP contribution < -0.4 is 38.1 Å². The highest BCUT2D eigenvalue weighted by molar-refractivity contribution is 7.98. The van der Waals surface area contributed by atoms with E-state index < -0.39 is 78.2 Å². The van der Waals surface area contributed by atoms with Crippen LogP contribution in [-0.4, -0.2) is 106 Å². The smallest absolute Gasteiger partial charge is 0.322 e. The van der Waals surface area contributed by atoms with E-state index in [1.54, 1.807) is 32.2 Å². The molecule has 3 rings (SSSR count). The number of rotatable bonds is 23. The van der Waals surface area contributed by atoms with Crippen molar-refractivity contribution in [3.8, 4) is 5.75 Å². The Kier molecular flexibility index (Phi) is 17.9. The molecule has 1 aromatic heterocycles. The molecule has 12 N–H and O–H groups in total. The van der Waals surface area contributed by atoms with E-state index in [9.17, 15) is 33.9 Å². The zero-order valence-electron chi connectivity index (χ0n) is 31.4. The first kappa shape index (κ1) is 44.3. The number of benzene rings is 2. The van der Waals surface area contributed by atoms with Crippen LogP contribution in [0.15, 0.2) is 54.7 Å². The van der Waals surface area contributed by atoms with Gasteiger partial charge in [-0.15, -0.1) is 0 Å². The number of hydrogen-bond donors (Lipinski definition) is 10. The van der Waals surface area contributed by atoms with Gasteiger partial charge >= 0.3 is 5.97 Å². The lowest BCUT2D eigenvalue weighted by Crippen LogP contribution is -2.60. The summed E-state index contributed by atoms with van der Waals surface area (Å²) in [6.07, 6.45) is 5.24. The van der Waals surface area contributed by atoms with Gasteiger partial charge in [-0.1, -0.05) is 44.2 Å². The van der Waals surface area contributed by atoms with Crippen molar-refractivity contribution in [3.63, 3.8) is 0 Å². The number of carboxylic acids is 1. The van der Waals surface area contributed by atoms with E-state index in [1.807, 2.05) is 30.5 Å². The number of carbonyl (C=O) groups excluding carboxylic acids is 5. The average Bonchev–Trinajstić information content (AvgIpc) is 3.56. The maximum atomic E-state index is 14.0. The maximum Gasteiger partial charge on any atom is 0.322 e. The van der Waals surface area contributed by atoms with Gasteiger partial charge in [-0.05, 0) is 85.9 Å². The van der Waals surface area contributed by atoms with Crippen molar-refractivity contribution in [1.82, 2.24) is 31.6 Å².